The van der Waals surface area contributed by atoms with E-state index >= 15 is 0 Å². The molecule has 1 atom stereocenters. The lowest BCUT2D eigenvalue weighted by Gasteiger charge is -2.34. The summed E-state index contributed by atoms with van der Waals surface area (Å²) in [5.41, 5.74) is -0.505. The average molecular weight is 268 g/mol. The lowest BCUT2D eigenvalue weighted by atomic mass is 9.94. The maximum atomic E-state index is 12.1. The van der Waals surface area contributed by atoms with Crippen LogP contribution in [0.2, 0.25) is 0 Å². The Morgan fingerprint density at radius 1 is 1.37 bits per heavy atom. The van der Waals surface area contributed by atoms with Gasteiger partial charge in [-0.2, -0.15) is 0 Å². The van der Waals surface area contributed by atoms with Crippen molar-refractivity contribution in [3.63, 3.8) is 0 Å². The van der Waals surface area contributed by atoms with E-state index in [0.29, 0.717) is 12.5 Å². The molecule has 1 unspecified atom stereocenters. The first-order valence-corrected chi connectivity index (χ1v) is 6.73. The molecular weight excluding hydrogens is 244 g/mol. The van der Waals surface area contributed by atoms with Crippen LogP contribution in [0.1, 0.15) is 40.0 Å². The molecule has 0 aliphatic heterocycles. The summed E-state index contributed by atoms with van der Waals surface area (Å²) in [6, 6.07) is -0.301. The van der Waals surface area contributed by atoms with Gasteiger partial charge in [0.05, 0.1) is 0 Å². The molecule has 0 saturated heterocycles. The molecule has 0 spiro atoms. The van der Waals surface area contributed by atoms with Gasteiger partial charge in [-0.05, 0) is 46.0 Å². The SMILES string of the molecule is CC(C)(C)N(CC(=O)O)C(=O)NCC1CC=CCC1. The minimum Gasteiger partial charge on any atom is -0.480 e. The first-order chi connectivity index (χ1) is 8.80. The first kappa shape index (κ1) is 15.5. The molecule has 2 amide bonds. The summed E-state index contributed by atoms with van der Waals surface area (Å²) < 4.78 is 0. The number of aliphatic carboxylic acids is 1. The van der Waals surface area contributed by atoms with Crippen LogP contribution in [0.3, 0.4) is 0 Å². The summed E-state index contributed by atoms with van der Waals surface area (Å²) >= 11 is 0. The van der Waals surface area contributed by atoms with Crippen LogP contribution in [-0.2, 0) is 4.79 Å². The van der Waals surface area contributed by atoms with Gasteiger partial charge in [-0.15, -0.1) is 0 Å². The zero-order valence-corrected chi connectivity index (χ0v) is 12.0. The Morgan fingerprint density at radius 3 is 2.53 bits per heavy atom. The van der Waals surface area contributed by atoms with E-state index in [2.05, 4.69) is 17.5 Å². The lowest BCUT2D eigenvalue weighted by molar-refractivity contribution is -0.138. The maximum Gasteiger partial charge on any atom is 0.323 e. The molecule has 0 aromatic carbocycles. The van der Waals surface area contributed by atoms with Crippen LogP contribution in [0.15, 0.2) is 12.2 Å². The van der Waals surface area contributed by atoms with Crippen LogP contribution in [0.25, 0.3) is 0 Å². The van der Waals surface area contributed by atoms with E-state index in [1.807, 2.05) is 20.8 Å². The van der Waals surface area contributed by atoms with E-state index in [1.165, 1.54) is 4.90 Å². The van der Waals surface area contributed by atoms with Gasteiger partial charge < -0.3 is 15.3 Å². The van der Waals surface area contributed by atoms with E-state index in [4.69, 9.17) is 5.11 Å². The third-order valence-electron chi connectivity index (χ3n) is 3.27. The standard InChI is InChI=1S/C14H24N2O3/c1-14(2,3)16(10-12(17)18)13(19)15-9-11-7-5-4-6-8-11/h4-5,11H,6-10H2,1-3H3,(H,15,19)(H,17,18). The number of amides is 2. The largest absolute Gasteiger partial charge is 0.480 e. The van der Waals surface area contributed by atoms with E-state index in [1.54, 1.807) is 0 Å². The molecule has 19 heavy (non-hydrogen) atoms. The molecular formula is C14H24N2O3. The van der Waals surface area contributed by atoms with Gasteiger partial charge in [-0.1, -0.05) is 12.2 Å². The van der Waals surface area contributed by atoms with Gasteiger partial charge in [0.1, 0.15) is 6.54 Å². The van der Waals surface area contributed by atoms with Crippen molar-refractivity contribution >= 4 is 12.0 Å². The van der Waals surface area contributed by atoms with Crippen molar-refractivity contribution in [2.45, 2.75) is 45.6 Å². The number of carbonyl (C=O) groups is 2. The molecule has 1 aliphatic rings. The highest BCUT2D eigenvalue weighted by atomic mass is 16.4. The van der Waals surface area contributed by atoms with Gasteiger partial charge in [0.2, 0.25) is 0 Å². The molecule has 0 fully saturated rings. The highest BCUT2D eigenvalue weighted by molar-refractivity contribution is 5.80. The number of allylic oxidation sites excluding steroid dienone is 2. The molecule has 0 radical (unpaired) electrons. The molecule has 0 aromatic rings. The fourth-order valence-corrected chi connectivity index (χ4v) is 2.12. The second-order valence-corrected chi connectivity index (χ2v) is 5.99. The number of carboxylic acid groups (broad SMARTS) is 1. The minimum absolute atomic E-state index is 0.278. The Kier molecular flexibility index (Phi) is 5.39. The van der Waals surface area contributed by atoms with Gasteiger partial charge in [0, 0.05) is 12.1 Å². The van der Waals surface area contributed by atoms with E-state index in [-0.39, 0.29) is 12.6 Å². The Hall–Kier alpha value is -1.52. The number of hydrogen-bond acceptors (Lipinski definition) is 2. The maximum absolute atomic E-state index is 12.1. The molecule has 0 heterocycles. The van der Waals surface area contributed by atoms with Crippen molar-refractivity contribution in [2.75, 3.05) is 13.1 Å². The van der Waals surface area contributed by atoms with E-state index in [0.717, 1.165) is 19.3 Å². The van der Waals surface area contributed by atoms with Crippen LogP contribution in [-0.4, -0.2) is 40.6 Å². The van der Waals surface area contributed by atoms with Gasteiger partial charge in [0.15, 0.2) is 0 Å². The molecule has 0 saturated carbocycles. The topological polar surface area (TPSA) is 69.6 Å². The third-order valence-corrected chi connectivity index (χ3v) is 3.27. The van der Waals surface area contributed by atoms with Crippen molar-refractivity contribution in [3.8, 4) is 0 Å². The lowest BCUT2D eigenvalue weighted by Crippen LogP contribution is -2.53. The normalized spacial score (nSPS) is 19.0. The number of hydrogen-bond donors (Lipinski definition) is 2. The second kappa shape index (κ2) is 6.59. The highest BCUT2D eigenvalue weighted by Crippen LogP contribution is 2.18. The summed E-state index contributed by atoms with van der Waals surface area (Å²) in [6.07, 6.45) is 7.40. The molecule has 5 heteroatoms. The summed E-state index contributed by atoms with van der Waals surface area (Å²) in [5, 5.41) is 11.7. The number of urea groups is 1. The molecule has 0 bridgehead atoms. The summed E-state index contributed by atoms with van der Waals surface area (Å²) in [4.78, 5) is 24.3. The molecule has 1 aliphatic carbocycles. The highest BCUT2D eigenvalue weighted by Gasteiger charge is 2.28. The van der Waals surface area contributed by atoms with Crippen molar-refractivity contribution in [2.24, 2.45) is 5.92 Å². The molecule has 0 aromatic heterocycles. The molecule has 1 rings (SSSR count). The van der Waals surface area contributed by atoms with Crippen LogP contribution >= 0.6 is 0 Å². The summed E-state index contributed by atoms with van der Waals surface area (Å²) in [6.45, 7) is 5.83. The summed E-state index contributed by atoms with van der Waals surface area (Å²) in [5.74, 6) is -0.536. The summed E-state index contributed by atoms with van der Waals surface area (Å²) in [7, 11) is 0. The first-order valence-electron chi connectivity index (χ1n) is 6.73. The smallest absolute Gasteiger partial charge is 0.323 e. The monoisotopic (exact) mass is 268 g/mol. The van der Waals surface area contributed by atoms with Crippen LogP contribution in [0.4, 0.5) is 4.79 Å². The van der Waals surface area contributed by atoms with Crippen LogP contribution in [0, 0.1) is 5.92 Å². The number of rotatable bonds is 4. The molecule has 2 N–H and O–H groups in total. The fourth-order valence-electron chi connectivity index (χ4n) is 2.12. The number of nitrogens with one attached hydrogen (secondary N) is 1. The molecule has 108 valence electrons. The quantitative estimate of drug-likeness (QED) is 0.768. The van der Waals surface area contributed by atoms with E-state index < -0.39 is 11.5 Å². The van der Waals surface area contributed by atoms with Gasteiger partial charge >= 0.3 is 12.0 Å². The molecule has 5 nitrogen and oxygen atoms in total. The van der Waals surface area contributed by atoms with Gasteiger partial charge in [-0.3, -0.25) is 4.79 Å². The number of carbonyl (C=O) groups excluding carboxylic acids is 1. The predicted molar refractivity (Wildman–Crippen MR) is 74.0 cm³/mol. The Bertz CT molecular complexity index is 358. The van der Waals surface area contributed by atoms with Gasteiger partial charge in [0.25, 0.3) is 0 Å². The zero-order valence-electron chi connectivity index (χ0n) is 12.0. The Balaban J connectivity index is 2.52. The Labute approximate surface area is 114 Å². The Morgan fingerprint density at radius 2 is 2.05 bits per heavy atom. The van der Waals surface area contributed by atoms with Crippen LogP contribution < -0.4 is 5.32 Å². The fraction of sp³-hybridized carbons (Fsp3) is 0.714. The number of nitrogens with zero attached hydrogens (tertiary/aromatic N) is 1. The van der Waals surface area contributed by atoms with Crippen molar-refractivity contribution < 1.29 is 14.7 Å². The number of carboxylic acids is 1. The zero-order chi connectivity index (χ0) is 14.5. The van der Waals surface area contributed by atoms with Crippen LogP contribution in [0.5, 0.6) is 0 Å². The van der Waals surface area contributed by atoms with E-state index in [9.17, 15) is 9.59 Å². The van der Waals surface area contributed by atoms with Crippen molar-refractivity contribution in [3.05, 3.63) is 12.2 Å². The second-order valence-electron chi connectivity index (χ2n) is 5.99. The van der Waals surface area contributed by atoms with Crippen molar-refractivity contribution in [1.82, 2.24) is 10.2 Å². The minimum atomic E-state index is -0.995. The van der Waals surface area contributed by atoms with Crippen molar-refractivity contribution in [1.29, 1.82) is 0 Å². The van der Waals surface area contributed by atoms with Gasteiger partial charge in [-0.25, -0.2) is 4.79 Å². The predicted octanol–water partition coefficient (Wildman–Crippen LogP) is 2.24. The third kappa shape index (κ3) is 5.32. The average Bonchev–Trinajstić information content (AvgIpc) is 2.33.